The van der Waals surface area contributed by atoms with Crippen molar-refractivity contribution in [2.24, 2.45) is 0 Å². The van der Waals surface area contributed by atoms with Crippen molar-refractivity contribution < 1.29 is 0 Å². The number of aryl methyl sites for hydroxylation is 1. The van der Waals surface area contributed by atoms with Crippen molar-refractivity contribution in [3.8, 4) is 0 Å². The number of benzene rings is 1. The molecule has 0 bridgehead atoms. The van der Waals surface area contributed by atoms with E-state index in [4.69, 9.17) is 0 Å². The maximum Gasteiger partial charge on any atom is 0.304 e. The number of pyridine rings is 1. The molecule has 0 saturated heterocycles. The Morgan fingerprint density at radius 1 is 1.25 bits per heavy atom. The van der Waals surface area contributed by atoms with Crippen LogP contribution in [0.25, 0.3) is 10.9 Å². The number of nitrogens with one attached hydrogen (secondary N) is 2. The fraction of sp³-hybridized carbons (Fsp3) is 0.200. The number of aromatic nitrogens is 2. The molecule has 1 aromatic carbocycles. The van der Waals surface area contributed by atoms with Gasteiger partial charge in [0.05, 0.1) is 5.52 Å². The van der Waals surface area contributed by atoms with Crippen molar-refractivity contribution in [3.05, 3.63) is 62.3 Å². The van der Waals surface area contributed by atoms with E-state index in [1.165, 1.54) is 16.9 Å². The molecule has 5 heteroatoms. The van der Waals surface area contributed by atoms with Gasteiger partial charge in [-0.2, -0.15) is 0 Å². The lowest BCUT2D eigenvalue weighted by atomic mass is 10.1. The van der Waals surface area contributed by atoms with E-state index in [9.17, 15) is 4.79 Å². The predicted molar refractivity (Wildman–Crippen MR) is 82.0 cm³/mol. The highest BCUT2D eigenvalue weighted by Crippen LogP contribution is 2.14. The van der Waals surface area contributed by atoms with E-state index in [0.717, 1.165) is 28.8 Å². The molecule has 0 spiro atoms. The molecule has 0 saturated carbocycles. The summed E-state index contributed by atoms with van der Waals surface area (Å²) in [5.74, 6) is 0. The number of thiazole rings is 1. The van der Waals surface area contributed by atoms with Crippen molar-refractivity contribution in [3.63, 3.8) is 0 Å². The minimum Gasteiger partial charge on any atom is -0.315 e. The molecule has 0 radical (unpaired) electrons. The van der Waals surface area contributed by atoms with Crippen molar-refractivity contribution in [1.29, 1.82) is 0 Å². The smallest absolute Gasteiger partial charge is 0.304 e. The van der Waals surface area contributed by atoms with Crippen LogP contribution in [0.15, 0.2) is 40.5 Å². The molecule has 0 aliphatic rings. The Labute approximate surface area is 120 Å². The standard InChI is InChI=1S/C15H15N3OS/c1-10-2-4-12-6-11(3-5-14(12)17-10)7-16-8-13-9-20-15(19)18-13/h2-6,9,16H,7-8H2,1H3,(H,18,19). The molecule has 0 unspecified atom stereocenters. The van der Waals surface area contributed by atoms with Crippen LogP contribution in [0.3, 0.4) is 0 Å². The summed E-state index contributed by atoms with van der Waals surface area (Å²) in [6, 6.07) is 10.4. The molecule has 3 aromatic rings. The summed E-state index contributed by atoms with van der Waals surface area (Å²) in [6.45, 7) is 3.43. The number of rotatable bonds is 4. The second-order valence-corrected chi connectivity index (χ2v) is 5.60. The second kappa shape index (κ2) is 5.56. The molecule has 2 heterocycles. The Kier molecular flexibility index (Phi) is 3.62. The van der Waals surface area contributed by atoms with Crippen LogP contribution >= 0.6 is 11.3 Å². The maximum atomic E-state index is 11.0. The molecular formula is C15H15N3OS. The molecule has 3 rings (SSSR count). The number of fused-ring (bicyclic) bond motifs is 1. The predicted octanol–water partition coefficient (Wildman–Crippen LogP) is 2.58. The molecule has 0 amide bonds. The van der Waals surface area contributed by atoms with Crippen LogP contribution in [0.5, 0.6) is 0 Å². The van der Waals surface area contributed by atoms with Crippen molar-refractivity contribution in [1.82, 2.24) is 15.3 Å². The molecule has 0 aliphatic carbocycles. The largest absolute Gasteiger partial charge is 0.315 e. The number of hydrogen-bond donors (Lipinski definition) is 2. The molecule has 0 fully saturated rings. The van der Waals surface area contributed by atoms with Gasteiger partial charge in [0.25, 0.3) is 0 Å². The molecule has 2 aromatic heterocycles. The van der Waals surface area contributed by atoms with Crippen LogP contribution in [0.2, 0.25) is 0 Å². The highest BCUT2D eigenvalue weighted by atomic mass is 32.1. The first kappa shape index (κ1) is 13.0. The topological polar surface area (TPSA) is 57.8 Å². The summed E-state index contributed by atoms with van der Waals surface area (Å²) in [6.07, 6.45) is 0. The van der Waals surface area contributed by atoms with Crippen LogP contribution in [-0.4, -0.2) is 9.97 Å². The van der Waals surface area contributed by atoms with Gasteiger partial charge in [-0.15, -0.1) is 0 Å². The lowest BCUT2D eigenvalue weighted by Crippen LogP contribution is -2.13. The SMILES string of the molecule is Cc1ccc2cc(CNCc3csc(=O)[nH]3)ccc2n1. The van der Waals surface area contributed by atoms with Crippen LogP contribution in [0.1, 0.15) is 17.0 Å². The molecular weight excluding hydrogens is 270 g/mol. The average Bonchev–Trinajstić information content (AvgIpc) is 2.85. The average molecular weight is 285 g/mol. The van der Waals surface area contributed by atoms with E-state index >= 15 is 0 Å². The highest BCUT2D eigenvalue weighted by molar-refractivity contribution is 7.07. The van der Waals surface area contributed by atoms with E-state index in [2.05, 4.69) is 33.5 Å². The Balaban J connectivity index is 1.68. The first-order valence-corrected chi connectivity index (χ1v) is 7.32. The summed E-state index contributed by atoms with van der Waals surface area (Å²) in [5, 5.41) is 6.32. The van der Waals surface area contributed by atoms with E-state index in [0.29, 0.717) is 6.54 Å². The first-order valence-electron chi connectivity index (χ1n) is 6.44. The Bertz CT molecular complexity index is 791. The normalized spacial score (nSPS) is 11.1. The molecule has 102 valence electrons. The molecule has 0 aliphatic heterocycles. The number of hydrogen-bond acceptors (Lipinski definition) is 4. The van der Waals surface area contributed by atoms with Gasteiger partial charge in [0.2, 0.25) is 0 Å². The number of aromatic amines is 1. The van der Waals surface area contributed by atoms with Gasteiger partial charge in [0, 0.05) is 35.2 Å². The number of H-pyrrole nitrogens is 1. The third-order valence-electron chi connectivity index (χ3n) is 3.11. The molecule has 2 N–H and O–H groups in total. The van der Waals surface area contributed by atoms with E-state index in [1.807, 2.05) is 24.4 Å². The second-order valence-electron chi connectivity index (χ2n) is 4.76. The summed E-state index contributed by atoms with van der Waals surface area (Å²) in [5.41, 5.74) is 4.19. The molecule has 20 heavy (non-hydrogen) atoms. The van der Waals surface area contributed by atoms with Gasteiger partial charge in [0.1, 0.15) is 0 Å². The van der Waals surface area contributed by atoms with Crippen LogP contribution in [0.4, 0.5) is 0 Å². The third-order valence-corrected chi connectivity index (χ3v) is 3.83. The van der Waals surface area contributed by atoms with E-state index in [-0.39, 0.29) is 4.87 Å². The Morgan fingerprint density at radius 2 is 2.15 bits per heavy atom. The lowest BCUT2D eigenvalue weighted by molar-refractivity contribution is 0.682. The monoisotopic (exact) mass is 285 g/mol. The zero-order valence-electron chi connectivity index (χ0n) is 11.1. The van der Waals surface area contributed by atoms with Crippen LogP contribution in [0, 0.1) is 6.92 Å². The minimum atomic E-state index is -0.00560. The highest BCUT2D eigenvalue weighted by Gasteiger charge is 2.00. The zero-order valence-corrected chi connectivity index (χ0v) is 12.0. The van der Waals surface area contributed by atoms with Crippen molar-refractivity contribution in [2.75, 3.05) is 0 Å². The summed E-state index contributed by atoms with van der Waals surface area (Å²) in [7, 11) is 0. The maximum absolute atomic E-state index is 11.0. The van der Waals surface area contributed by atoms with Gasteiger partial charge in [-0.25, -0.2) is 0 Å². The summed E-state index contributed by atoms with van der Waals surface area (Å²) < 4.78 is 0. The summed E-state index contributed by atoms with van der Waals surface area (Å²) in [4.78, 5) is 18.3. The van der Waals surface area contributed by atoms with E-state index in [1.54, 1.807) is 0 Å². The van der Waals surface area contributed by atoms with Crippen molar-refractivity contribution >= 4 is 22.2 Å². The van der Waals surface area contributed by atoms with E-state index < -0.39 is 0 Å². The van der Waals surface area contributed by atoms with Gasteiger partial charge in [0.15, 0.2) is 0 Å². The fourth-order valence-corrected chi connectivity index (χ4v) is 2.71. The quantitative estimate of drug-likeness (QED) is 0.774. The van der Waals surface area contributed by atoms with Gasteiger partial charge in [-0.3, -0.25) is 9.78 Å². The van der Waals surface area contributed by atoms with Gasteiger partial charge < -0.3 is 10.3 Å². The van der Waals surface area contributed by atoms with Gasteiger partial charge >= 0.3 is 4.87 Å². The zero-order chi connectivity index (χ0) is 13.9. The van der Waals surface area contributed by atoms with Gasteiger partial charge in [-0.05, 0) is 30.7 Å². The first-order chi connectivity index (χ1) is 9.70. The Morgan fingerprint density at radius 3 is 2.95 bits per heavy atom. The molecule has 4 nitrogen and oxygen atoms in total. The third kappa shape index (κ3) is 2.95. The van der Waals surface area contributed by atoms with Gasteiger partial charge in [-0.1, -0.05) is 23.5 Å². The van der Waals surface area contributed by atoms with Crippen LogP contribution in [-0.2, 0) is 13.1 Å². The van der Waals surface area contributed by atoms with Crippen molar-refractivity contribution in [2.45, 2.75) is 20.0 Å². The van der Waals surface area contributed by atoms with Crippen LogP contribution < -0.4 is 10.2 Å². The molecule has 0 atom stereocenters. The Hall–Kier alpha value is -1.98. The fourth-order valence-electron chi connectivity index (χ4n) is 2.13. The minimum absolute atomic E-state index is 0.00560. The number of nitrogens with zero attached hydrogens (tertiary/aromatic N) is 1. The lowest BCUT2D eigenvalue weighted by Gasteiger charge is -2.05. The summed E-state index contributed by atoms with van der Waals surface area (Å²) >= 11 is 1.19.